The fourth-order valence-corrected chi connectivity index (χ4v) is 6.13. The molecule has 3 aromatic carbocycles. The van der Waals surface area contributed by atoms with Crippen LogP contribution in [-0.2, 0) is 14.8 Å². The molecular formula is C27H27N5O5S. The van der Waals surface area contributed by atoms with Gasteiger partial charge in [-0.1, -0.05) is 36.4 Å². The Bertz CT molecular complexity index is 1630. The van der Waals surface area contributed by atoms with Crippen LogP contribution in [0.15, 0.2) is 65.6 Å². The van der Waals surface area contributed by atoms with Gasteiger partial charge in [-0.3, -0.25) is 4.79 Å². The first-order valence-corrected chi connectivity index (χ1v) is 13.4. The van der Waals surface area contributed by atoms with Gasteiger partial charge in [-0.15, -0.1) is 10.2 Å². The number of sulfonamides is 1. The highest BCUT2D eigenvalue weighted by atomic mass is 32.2. The molecule has 1 aromatic heterocycles. The molecule has 11 heteroatoms. The number of carbonyl (C=O) groups is 1. The number of fused-ring (bicyclic) bond motifs is 1. The SMILES string of the molecule is COc1ccc(Nc2nnc(-c3ccc(C)c(S(=O)(=O)N4CCOCC4)c3)c3ccccc23)cc1C(N)=O. The van der Waals surface area contributed by atoms with E-state index in [2.05, 4.69) is 15.5 Å². The third kappa shape index (κ3) is 4.78. The highest BCUT2D eigenvalue weighted by Crippen LogP contribution is 2.34. The number of nitrogens with one attached hydrogen (secondary N) is 1. The minimum absolute atomic E-state index is 0.236. The number of aryl methyl sites for hydroxylation is 1. The molecule has 1 amide bonds. The van der Waals surface area contributed by atoms with Gasteiger partial charge in [0.2, 0.25) is 10.0 Å². The van der Waals surface area contributed by atoms with E-state index in [9.17, 15) is 13.2 Å². The second-order valence-corrected chi connectivity index (χ2v) is 10.8. The molecule has 1 aliphatic rings. The van der Waals surface area contributed by atoms with Gasteiger partial charge >= 0.3 is 0 Å². The first-order chi connectivity index (χ1) is 18.3. The first kappa shape index (κ1) is 25.6. The number of hydrogen-bond acceptors (Lipinski definition) is 8. The summed E-state index contributed by atoms with van der Waals surface area (Å²) in [5.74, 6) is 0.230. The zero-order valence-electron chi connectivity index (χ0n) is 21.0. The van der Waals surface area contributed by atoms with E-state index in [1.165, 1.54) is 11.4 Å². The average molecular weight is 534 g/mol. The van der Waals surface area contributed by atoms with Gasteiger partial charge in [0.05, 0.1) is 30.8 Å². The Balaban J connectivity index is 1.56. The summed E-state index contributed by atoms with van der Waals surface area (Å²) in [7, 11) is -2.23. The summed E-state index contributed by atoms with van der Waals surface area (Å²) in [6.07, 6.45) is 0. The van der Waals surface area contributed by atoms with Gasteiger partial charge in [0.15, 0.2) is 5.82 Å². The van der Waals surface area contributed by atoms with Crippen LogP contribution >= 0.6 is 0 Å². The van der Waals surface area contributed by atoms with Crippen molar-refractivity contribution in [3.63, 3.8) is 0 Å². The lowest BCUT2D eigenvalue weighted by Crippen LogP contribution is -2.40. The van der Waals surface area contributed by atoms with Crippen molar-refractivity contribution in [1.29, 1.82) is 0 Å². The predicted octanol–water partition coefficient (Wildman–Crippen LogP) is 3.48. The number of rotatable bonds is 7. The lowest BCUT2D eigenvalue weighted by molar-refractivity contribution is 0.0730. The summed E-state index contributed by atoms with van der Waals surface area (Å²) < 4.78 is 38.8. The zero-order chi connectivity index (χ0) is 26.9. The molecule has 0 bridgehead atoms. The van der Waals surface area contributed by atoms with E-state index in [0.717, 1.165) is 10.8 Å². The lowest BCUT2D eigenvalue weighted by Gasteiger charge is -2.26. The maximum atomic E-state index is 13.4. The number of aromatic nitrogens is 2. The van der Waals surface area contributed by atoms with Crippen LogP contribution in [0.2, 0.25) is 0 Å². The number of ether oxygens (including phenoxy) is 2. The standard InChI is InChI=1S/C27H27N5O5S/c1-17-7-8-18(15-24(17)38(34,35)32-11-13-37-14-12-32)25-20-5-3-4-6-21(20)27(31-30-25)29-19-9-10-23(36-2)22(16-19)26(28)33/h3-10,15-16H,11-14H2,1-2H3,(H2,28,33)(H,29,31). The number of methoxy groups -OCH3 is 1. The van der Waals surface area contributed by atoms with Crippen molar-refractivity contribution in [3.8, 4) is 17.0 Å². The summed E-state index contributed by atoms with van der Waals surface area (Å²) in [5.41, 5.74) is 8.17. The van der Waals surface area contributed by atoms with Crippen LogP contribution in [0.3, 0.4) is 0 Å². The van der Waals surface area contributed by atoms with Crippen LogP contribution in [0.25, 0.3) is 22.0 Å². The van der Waals surface area contributed by atoms with Crippen molar-refractivity contribution in [3.05, 3.63) is 71.8 Å². The first-order valence-electron chi connectivity index (χ1n) is 12.0. The molecule has 0 unspecified atom stereocenters. The van der Waals surface area contributed by atoms with Gasteiger partial charge in [-0.05, 0) is 36.8 Å². The third-order valence-electron chi connectivity index (χ3n) is 6.46. The smallest absolute Gasteiger partial charge is 0.252 e. The molecule has 1 aliphatic heterocycles. The van der Waals surface area contributed by atoms with Crippen LogP contribution in [-0.4, -0.2) is 62.2 Å². The van der Waals surface area contributed by atoms with Crippen LogP contribution < -0.4 is 15.8 Å². The van der Waals surface area contributed by atoms with Gasteiger partial charge in [-0.25, -0.2) is 8.42 Å². The monoisotopic (exact) mass is 533 g/mol. The Hall–Kier alpha value is -4.06. The topological polar surface area (TPSA) is 137 Å². The Morgan fingerprint density at radius 3 is 2.47 bits per heavy atom. The second kappa shape index (κ2) is 10.4. The molecule has 2 heterocycles. The minimum atomic E-state index is -3.70. The van der Waals surface area contributed by atoms with Crippen molar-refractivity contribution in [2.24, 2.45) is 5.73 Å². The van der Waals surface area contributed by atoms with Crippen molar-refractivity contribution in [1.82, 2.24) is 14.5 Å². The van der Waals surface area contributed by atoms with E-state index < -0.39 is 15.9 Å². The lowest BCUT2D eigenvalue weighted by atomic mass is 10.0. The van der Waals surface area contributed by atoms with E-state index in [1.54, 1.807) is 37.3 Å². The van der Waals surface area contributed by atoms with Crippen LogP contribution in [0.5, 0.6) is 5.75 Å². The summed E-state index contributed by atoms with van der Waals surface area (Å²) in [6.45, 7) is 3.16. The predicted molar refractivity (Wildman–Crippen MR) is 144 cm³/mol. The summed E-state index contributed by atoms with van der Waals surface area (Å²) in [4.78, 5) is 12.1. The largest absolute Gasteiger partial charge is 0.496 e. The summed E-state index contributed by atoms with van der Waals surface area (Å²) >= 11 is 0. The molecular weight excluding hydrogens is 506 g/mol. The number of hydrogen-bond donors (Lipinski definition) is 2. The number of nitrogens with zero attached hydrogens (tertiary/aromatic N) is 3. The number of anilines is 2. The molecule has 3 N–H and O–H groups in total. The zero-order valence-corrected chi connectivity index (χ0v) is 21.8. The minimum Gasteiger partial charge on any atom is -0.496 e. The number of morpholine rings is 1. The molecule has 0 aliphatic carbocycles. The number of carbonyl (C=O) groups excluding carboxylic acids is 1. The molecule has 5 rings (SSSR count). The number of primary amides is 1. The third-order valence-corrected chi connectivity index (χ3v) is 8.51. The fraction of sp³-hybridized carbons (Fsp3) is 0.222. The van der Waals surface area contributed by atoms with Gasteiger partial charge < -0.3 is 20.5 Å². The molecule has 0 saturated carbocycles. The van der Waals surface area contributed by atoms with Crippen LogP contribution in [0, 0.1) is 6.92 Å². The van der Waals surface area contributed by atoms with E-state index in [1.807, 2.05) is 30.3 Å². The fourth-order valence-electron chi connectivity index (χ4n) is 4.48. The molecule has 1 saturated heterocycles. The molecule has 0 radical (unpaired) electrons. The molecule has 38 heavy (non-hydrogen) atoms. The maximum Gasteiger partial charge on any atom is 0.252 e. The van der Waals surface area contributed by atoms with Crippen molar-refractivity contribution >= 4 is 38.2 Å². The molecule has 196 valence electrons. The molecule has 1 fully saturated rings. The normalized spacial score (nSPS) is 14.4. The molecule has 10 nitrogen and oxygen atoms in total. The Morgan fingerprint density at radius 1 is 1.03 bits per heavy atom. The summed E-state index contributed by atoms with van der Waals surface area (Å²) in [5, 5.41) is 13.7. The number of nitrogens with two attached hydrogens (primary N) is 1. The van der Waals surface area contributed by atoms with E-state index in [4.69, 9.17) is 15.2 Å². The van der Waals surface area contributed by atoms with E-state index >= 15 is 0 Å². The van der Waals surface area contributed by atoms with Gasteiger partial charge in [0.25, 0.3) is 5.91 Å². The Kier molecular flexibility index (Phi) is 6.98. The van der Waals surface area contributed by atoms with Crippen molar-refractivity contribution in [2.45, 2.75) is 11.8 Å². The highest BCUT2D eigenvalue weighted by molar-refractivity contribution is 7.89. The quantitative estimate of drug-likeness (QED) is 0.368. The number of benzene rings is 3. The molecule has 4 aromatic rings. The van der Waals surface area contributed by atoms with Crippen LogP contribution in [0.1, 0.15) is 15.9 Å². The van der Waals surface area contributed by atoms with Crippen molar-refractivity contribution < 1.29 is 22.7 Å². The van der Waals surface area contributed by atoms with E-state index in [-0.39, 0.29) is 10.5 Å². The van der Waals surface area contributed by atoms with Crippen LogP contribution in [0.4, 0.5) is 11.5 Å². The molecule has 0 spiro atoms. The average Bonchev–Trinajstić information content (AvgIpc) is 2.94. The van der Waals surface area contributed by atoms with Gasteiger partial charge in [0.1, 0.15) is 11.4 Å². The second-order valence-electron chi connectivity index (χ2n) is 8.84. The Labute approximate surface area is 220 Å². The number of amides is 1. The maximum absolute atomic E-state index is 13.4. The Morgan fingerprint density at radius 2 is 1.76 bits per heavy atom. The highest BCUT2D eigenvalue weighted by Gasteiger charge is 2.28. The van der Waals surface area contributed by atoms with Crippen molar-refractivity contribution in [2.75, 3.05) is 38.7 Å². The molecule has 0 atom stereocenters. The van der Waals surface area contributed by atoms with Gasteiger partial charge in [0, 0.05) is 35.1 Å². The van der Waals surface area contributed by atoms with E-state index in [0.29, 0.717) is 60.4 Å². The van der Waals surface area contributed by atoms with Gasteiger partial charge in [-0.2, -0.15) is 4.31 Å². The summed E-state index contributed by atoms with van der Waals surface area (Å²) in [6, 6.07) is 17.8.